The Bertz CT molecular complexity index is 819. The molecule has 0 aliphatic rings. The lowest BCUT2D eigenvalue weighted by Gasteiger charge is -2.15. The molecule has 0 saturated heterocycles. The second-order valence-corrected chi connectivity index (χ2v) is 6.22. The molecule has 1 nitrogen and oxygen atoms in total. The maximum absolute atomic E-state index is 13.4. The molecule has 1 atom stereocenters. The van der Waals surface area contributed by atoms with E-state index in [0.29, 0.717) is 10.6 Å². The monoisotopic (exact) mass is 363 g/mol. The molecule has 2 N–H and O–H groups in total. The van der Waals surface area contributed by atoms with Gasteiger partial charge in [0.25, 0.3) is 0 Å². The molecule has 0 spiro atoms. The molecule has 0 heterocycles. The third-order valence-electron chi connectivity index (χ3n) is 3.48. The van der Waals surface area contributed by atoms with Crippen molar-refractivity contribution < 1.29 is 4.39 Å². The van der Waals surface area contributed by atoms with E-state index >= 15 is 0 Å². The molecule has 0 fully saturated rings. The molecule has 0 saturated carbocycles. The molecule has 0 aliphatic carbocycles. The van der Waals surface area contributed by atoms with Crippen molar-refractivity contribution in [2.24, 2.45) is 5.73 Å². The molecule has 3 aromatic carbocycles. The van der Waals surface area contributed by atoms with E-state index in [2.05, 4.69) is 15.9 Å². The van der Waals surface area contributed by atoms with Crippen LogP contribution in [-0.2, 0) is 0 Å². The number of benzene rings is 3. The number of fused-ring (bicyclic) bond motifs is 1. The van der Waals surface area contributed by atoms with Crippen LogP contribution in [-0.4, -0.2) is 0 Å². The summed E-state index contributed by atoms with van der Waals surface area (Å²) in [4.78, 5) is 0. The van der Waals surface area contributed by atoms with E-state index in [0.717, 1.165) is 20.8 Å². The van der Waals surface area contributed by atoms with Crippen molar-refractivity contribution in [3.05, 3.63) is 81.0 Å². The fourth-order valence-electron chi connectivity index (χ4n) is 2.36. The Morgan fingerprint density at radius 1 is 0.952 bits per heavy atom. The van der Waals surface area contributed by atoms with Crippen molar-refractivity contribution in [2.75, 3.05) is 0 Å². The van der Waals surface area contributed by atoms with Crippen molar-refractivity contribution in [3.63, 3.8) is 0 Å². The van der Waals surface area contributed by atoms with Crippen LogP contribution in [0, 0.1) is 5.82 Å². The molecule has 3 rings (SSSR count). The SMILES string of the molecule is NC(c1ccc2cc(Br)ccc2c1)c1cc(F)ccc1Cl. The molecular formula is C17H12BrClFN. The average Bonchev–Trinajstić information content (AvgIpc) is 2.48. The highest BCUT2D eigenvalue weighted by Gasteiger charge is 2.14. The first kappa shape index (κ1) is 14.5. The molecule has 3 aromatic rings. The molecule has 21 heavy (non-hydrogen) atoms. The summed E-state index contributed by atoms with van der Waals surface area (Å²) in [5, 5.41) is 2.67. The second kappa shape index (κ2) is 5.76. The van der Waals surface area contributed by atoms with E-state index in [1.807, 2.05) is 36.4 Å². The maximum atomic E-state index is 13.4. The van der Waals surface area contributed by atoms with Crippen LogP contribution in [0.3, 0.4) is 0 Å². The molecule has 106 valence electrons. The standard InChI is InChI=1S/C17H12BrClFN/c18-13-4-3-10-7-12(2-1-11(10)8-13)17(21)15-9-14(20)5-6-16(15)19/h1-9,17H,21H2. The minimum atomic E-state index is -0.457. The maximum Gasteiger partial charge on any atom is 0.123 e. The second-order valence-electron chi connectivity index (χ2n) is 4.89. The predicted molar refractivity (Wildman–Crippen MR) is 89.1 cm³/mol. The first-order valence-electron chi connectivity index (χ1n) is 6.44. The summed E-state index contributed by atoms with van der Waals surface area (Å²) < 4.78 is 14.4. The van der Waals surface area contributed by atoms with Gasteiger partial charge in [0.2, 0.25) is 0 Å². The van der Waals surface area contributed by atoms with E-state index in [-0.39, 0.29) is 5.82 Å². The van der Waals surface area contributed by atoms with Gasteiger partial charge in [-0.3, -0.25) is 0 Å². The molecule has 0 bridgehead atoms. The van der Waals surface area contributed by atoms with Crippen LogP contribution in [0.25, 0.3) is 10.8 Å². The highest BCUT2D eigenvalue weighted by atomic mass is 79.9. The van der Waals surface area contributed by atoms with Gasteiger partial charge in [-0.1, -0.05) is 45.7 Å². The lowest BCUT2D eigenvalue weighted by Crippen LogP contribution is -2.12. The van der Waals surface area contributed by atoms with E-state index in [1.165, 1.54) is 18.2 Å². The third kappa shape index (κ3) is 2.95. The van der Waals surface area contributed by atoms with Gasteiger partial charge in [-0.25, -0.2) is 4.39 Å². The summed E-state index contributed by atoms with van der Waals surface area (Å²) in [6, 6.07) is 15.8. The van der Waals surface area contributed by atoms with Crippen LogP contribution in [0.2, 0.25) is 5.02 Å². The van der Waals surface area contributed by atoms with Crippen molar-refractivity contribution >= 4 is 38.3 Å². The van der Waals surface area contributed by atoms with Crippen LogP contribution in [0.1, 0.15) is 17.2 Å². The highest BCUT2D eigenvalue weighted by Crippen LogP contribution is 2.29. The summed E-state index contributed by atoms with van der Waals surface area (Å²) in [6.07, 6.45) is 0. The summed E-state index contributed by atoms with van der Waals surface area (Å²) in [7, 11) is 0. The average molecular weight is 365 g/mol. The fourth-order valence-corrected chi connectivity index (χ4v) is 2.97. The molecular weight excluding hydrogens is 353 g/mol. The highest BCUT2D eigenvalue weighted by molar-refractivity contribution is 9.10. The lowest BCUT2D eigenvalue weighted by atomic mass is 9.97. The quantitative estimate of drug-likeness (QED) is 0.643. The van der Waals surface area contributed by atoms with Crippen LogP contribution in [0.15, 0.2) is 59.1 Å². The van der Waals surface area contributed by atoms with Gasteiger partial charge < -0.3 is 5.73 Å². The van der Waals surface area contributed by atoms with Crippen molar-refractivity contribution in [1.82, 2.24) is 0 Å². The first-order valence-corrected chi connectivity index (χ1v) is 7.61. The Hall–Kier alpha value is -1.42. The van der Waals surface area contributed by atoms with Crippen molar-refractivity contribution in [1.29, 1.82) is 0 Å². The van der Waals surface area contributed by atoms with Crippen LogP contribution >= 0.6 is 27.5 Å². The predicted octanol–water partition coefficient (Wildman–Crippen LogP) is 5.44. The van der Waals surface area contributed by atoms with Crippen LogP contribution < -0.4 is 5.73 Å². The van der Waals surface area contributed by atoms with Gasteiger partial charge >= 0.3 is 0 Å². The summed E-state index contributed by atoms with van der Waals surface area (Å²) in [5.74, 6) is -0.338. The zero-order valence-corrected chi connectivity index (χ0v) is 13.3. The van der Waals surface area contributed by atoms with Crippen molar-refractivity contribution in [3.8, 4) is 0 Å². The summed E-state index contributed by atoms with van der Waals surface area (Å²) >= 11 is 9.58. The van der Waals surface area contributed by atoms with Gasteiger partial charge in [0, 0.05) is 9.50 Å². The third-order valence-corrected chi connectivity index (χ3v) is 4.32. The van der Waals surface area contributed by atoms with Crippen LogP contribution in [0.4, 0.5) is 4.39 Å². The minimum Gasteiger partial charge on any atom is -0.320 e. The number of nitrogens with two attached hydrogens (primary N) is 1. The van der Waals surface area contributed by atoms with E-state index < -0.39 is 6.04 Å². The van der Waals surface area contributed by atoms with E-state index in [4.69, 9.17) is 17.3 Å². The number of halogens is 3. The Morgan fingerprint density at radius 3 is 2.48 bits per heavy atom. The van der Waals surface area contributed by atoms with Gasteiger partial charge in [0.1, 0.15) is 5.82 Å². The Balaban J connectivity index is 2.07. The largest absolute Gasteiger partial charge is 0.320 e. The normalized spacial score (nSPS) is 12.6. The molecule has 0 radical (unpaired) electrons. The Morgan fingerprint density at radius 2 is 1.67 bits per heavy atom. The van der Waals surface area contributed by atoms with Crippen molar-refractivity contribution in [2.45, 2.75) is 6.04 Å². The van der Waals surface area contributed by atoms with Gasteiger partial charge in [0.05, 0.1) is 6.04 Å². The smallest absolute Gasteiger partial charge is 0.123 e. The Labute approximate surface area is 135 Å². The van der Waals surface area contributed by atoms with Gasteiger partial charge in [-0.2, -0.15) is 0 Å². The van der Waals surface area contributed by atoms with E-state index in [9.17, 15) is 4.39 Å². The zero-order valence-electron chi connectivity index (χ0n) is 11.0. The number of hydrogen-bond acceptors (Lipinski definition) is 1. The van der Waals surface area contributed by atoms with Gasteiger partial charge in [-0.05, 0) is 58.3 Å². The number of rotatable bonds is 2. The molecule has 0 amide bonds. The van der Waals surface area contributed by atoms with Crippen LogP contribution in [0.5, 0.6) is 0 Å². The number of hydrogen-bond donors (Lipinski definition) is 1. The molecule has 0 aromatic heterocycles. The summed E-state index contributed by atoms with van der Waals surface area (Å²) in [5.41, 5.74) is 7.74. The topological polar surface area (TPSA) is 26.0 Å². The Kier molecular flexibility index (Phi) is 3.98. The molecule has 1 unspecified atom stereocenters. The lowest BCUT2D eigenvalue weighted by molar-refractivity contribution is 0.623. The first-order chi connectivity index (χ1) is 10.0. The minimum absolute atomic E-state index is 0.338. The van der Waals surface area contributed by atoms with Gasteiger partial charge in [-0.15, -0.1) is 0 Å². The summed E-state index contributed by atoms with van der Waals surface area (Å²) in [6.45, 7) is 0. The molecule has 0 aliphatic heterocycles. The van der Waals surface area contributed by atoms with Gasteiger partial charge in [0.15, 0.2) is 0 Å². The molecule has 4 heteroatoms. The van der Waals surface area contributed by atoms with E-state index in [1.54, 1.807) is 0 Å². The fraction of sp³-hybridized carbons (Fsp3) is 0.0588. The zero-order chi connectivity index (χ0) is 15.0.